The maximum absolute atomic E-state index is 12.1. The number of nitrogens with zero attached hydrogens (tertiary/aromatic N) is 1. The van der Waals surface area contributed by atoms with Gasteiger partial charge in [-0.1, -0.05) is 30.3 Å². The molecule has 0 aliphatic carbocycles. The zero-order chi connectivity index (χ0) is 18.5. The van der Waals surface area contributed by atoms with Gasteiger partial charge in [0.2, 0.25) is 0 Å². The predicted molar refractivity (Wildman–Crippen MR) is 92.8 cm³/mol. The molecule has 0 fully saturated rings. The molecule has 8 heteroatoms. The number of amides is 1. The minimum Gasteiger partial charge on any atom is -0.465 e. The highest BCUT2D eigenvalue weighted by Gasteiger charge is 2.18. The van der Waals surface area contributed by atoms with Crippen molar-refractivity contribution in [3.8, 4) is 0 Å². The van der Waals surface area contributed by atoms with Crippen molar-refractivity contribution in [2.24, 2.45) is 0 Å². The van der Waals surface area contributed by atoms with Crippen LogP contribution in [0.1, 0.15) is 20.8 Å². The Bertz CT molecular complexity index is 980. The van der Waals surface area contributed by atoms with Crippen molar-refractivity contribution in [1.29, 1.82) is 0 Å². The van der Waals surface area contributed by atoms with Gasteiger partial charge in [0.05, 0.1) is 23.9 Å². The summed E-state index contributed by atoms with van der Waals surface area (Å²) in [5.41, 5.74) is 1.26. The molecular weight excluding hydrogens is 338 g/mol. The van der Waals surface area contributed by atoms with Crippen molar-refractivity contribution in [2.75, 3.05) is 19.0 Å². The molecule has 0 aliphatic heterocycles. The van der Waals surface area contributed by atoms with E-state index in [1.54, 1.807) is 36.4 Å². The molecule has 0 saturated carbocycles. The van der Waals surface area contributed by atoms with Crippen molar-refractivity contribution in [3.05, 3.63) is 59.8 Å². The molecule has 0 unspecified atom stereocenters. The first kappa shape index (κ1) is 17.2. The van der Waals surface area contributed by atoms with E-state index in [1.165, 1.54) is 13.2 Å². The molecule has 8 nitrogen and oxygen atoms in total. The molecule has 0 spiro atoms. The van der Waals surface area contributed by atoms with E-state index in [1.807, 2.05) is 6.07 Å². The van der Waals surface area contributed by atoms with Crippen LogP contribution in [0.3, 0.4) is 0 Å². The quantitative estimate of drug-likeness (QED) is 0.680. The van der Waals surface area contributed by atoms with Gasteiger partial charge in [0.1, 0.15) is 0 Å². The minimum absolute atomic E-state index is 0.100. The highest BCUT2D eigenvalue weighted by Crippen LogP contribution is 2.17. The molecule has 26 heavy (non-hydrogen) atoms. The number of aromatic amines is 1. The summed E-state index contributed by atoms with van der Waals surface area (Å²) in [6.07, 6.45) is 0. The number of hydrogen-bond acceptors (Lipinski definition) is 6. The maximum atomic E-state index is 12.1. The number of carbonyl (C=O) groups is 3. The average Bonchev–Trinajstić information content (AvgIpc) is 3.10. The zero-order valence-electron chi connectivity index (χ0n) is 13.8. The molecule has 0 aliphatic rings. The summed E-state index contributed by atoms with van der Waals surface area (Å²) in [6, 6.07) is 13.4. The molecule has 132 valence electrons. The van der Waals surface area contributed by atoms with Gasteiger partial charge in [-0.15, -0.1) is 0 Å². The number of benzene rings is 2. The summed E-state index contributed by atoms with van der Waals surface area (Å²) in [4.78, 5) is 35.9. The minimum atomic E-state index is -0.723. The molecule has 0 saturated heterocycles. The van der Waals surface area contributed by atoms with Crippen LogP contribution in [0.5, 0.6) is 0 Å². The Kier molecular flexibility index (Phi) is 4.93. The molecule has 0 atom stereocenters. The molecule has 0 radical (unpaired) electrons. The number of carbonyl (C=O) groups excluding carboxylic acids is 3. The topological polar surface area (TPSA) is 110 Å². The van der Waals surface area contributed by atoms with Crippen LogP contribution in [0.25, 0.3) is 10.9 Å². The van der Waals surface area contributed by atoms with E-state index in [0.717, 1.165) is 0 Å². The number of hydrogen-bond donors (Lipinski definition) is 2. The third-order valence-corrected chi connectivity index (χ3v) is 3.60. The fourth-order valence-electron chi connectivity index (χ4n) is 2.38. The molecule has 2 aromatic carbocycles. The van der Waals surface area contributed by atoms with E-state index in [0.29, 0.717) is 10.9 Å². The smallest absolute Gasteiger partial charge is 0.359 e. The zero-order valence-corrected chi connectivity index (χ0v) is 13.8. The van der Waals surface area contributed by atoms with Gasteiger partial charge in [-0.25, -0.2) is 9.59 Å². The number of anilines is 1. The normalized spacial score (nSPS) is 10.3. The van der Waals surface area contributed by atoms with Gasteiger partial charge < -0.3 is 14.8 Å². The monoisotopic (exact) mass is 353 g/mol. The van der Waals surface area contributed by atoms with E-state index in [-0.39, 0.29) is 16.9 Å². The molecule has 1 heterocycles. The van der Waals surface area contributed by atoms with Gasteiger partial charge in [-0.3, -0.25) is 9.89 Å². The van der Waals surface area contributed by atoms with Crippen LogP contribution in [0, 0.1) is 0 Å². The summed E-state index contributed by atoms with van der Waals surface area (Å²) >= 11 is 0. The lowest BCUT2D eigenvalue weighted by atomic mass is 10.2. The lowest BCUT2D eigenvalue weighted by molar-refractivity contribution is -0.119. The number of nitrogens with one attached hydrogen (secondary N) is 2. The lowest BCUT2D eigenvalue weighted by Crippen LogP contribution is -2.22. The first-order chi connectivity index (χ1) is 12.6. The molecule has 1 amide bonds. The molecule has 3 rings (SSSR count). The number of H-pyrrole nitrogens is 1. The van der Waals surface area contributed by atoms with Crippen LogP contribution in [0.2, 0.25) is 0 Å². The number of rotatable bonds is 5. The Morgan fingerprint density at radius 3 is 2.58 bits per heavy atom. The Labute approximate surface area is 148 Å². The first-order valence-electron chi connectivity index (χ1n) is 7.67. The fourth-order valence-corrected chi connectivity index (χ4v) is 2.38. The van der Waals surface area contributed by atoms with E-state index in [4.69, 9.17) is 4.74 Å². The maximum Gasteiger partial charge on any atom is 0.359 e. The number of fused-ring (bicyclic) bond motifs is 1. The predicted octanol–water partition coefficient (Wildman–Crippen LogP) is 2.14. The van der Waals surface area contributed by atoms with Gasteiger partial charge >= 0.3 is 11.9 Å². The SMILES string of the molecule is COC(=O)c1ccccc1NC(=O)COC(=O)c1n[nH]c2ccccc12. The van der Waals surface area contributed by atoms with Crippen LogP contribution >= 0.6 is 0 Å². The summed E-state index contributed by atoms with van der Waals surface area (Å²) < 4.78 is 9.66. The van der Waals surface area contributed by atoms with Crippen LogP contribution < -0.4 is 5.32 Å². The summed E-state index contributed by atoms with van der Waals surface area (Å²) in [5.74, 6) is -1.89. The number of methoxy groups -OCH3 is 1. The van der Waals surface area contributed by atoms with Gasteiger partial charge in [0, 0.05) is 5.39 Å². The van der Waals surface area contributed by atoms with Crippen LogP contribution in [-0.4, -0.2) is 41.8 Å². The van der Waals surface area contributed by atoms with E-state index >= 15 is 0 Å². The average molecular weight is 353 g/mol. The van der Waals surface area contributed by atoms with Gasteiger partial charge in [0.25, 0.3) is 5.91 Å². The number of ether oxygens (including phenoxy) is 2. The van der Waals surface area contributed by atoms with Crippen molar-refractivity contribution in [1.82, 2.24) is 10.2 Å². The van der Waals surface area contributed by atoms with E-state index < -0.39 is 24.5 Å². The third-order valence-electron chi connectivity index (χ3n) is 3.60. The van der Waals surface area contributed by atoms with E-state index in [9.17, 15) is 14.4 Å². The Morgan fingerprint density at radius 2 is 1.77 bits per heavy atom. The van der Waals surface area contributed by atoms with Crippen molar-refractivity contribution >= 4 is 34.4 Å². The van der Waals surface area contributed by atoms with Crippen LogP contribution in [0.15, 0.2) is 48.5 Å². The summed E-state index contributed by atoms with van der Waals surface area (Å²) in [6.45, 7) is -0.518. The second-order valence-electron chi connectivity index (χ2n) is 5.28. The fraction of sp³-hybridized carbons (Fsp3) is 0.111. The third kappa shape index (κ3) is 3.54. The lowest BCUT2D eigenvalue weighted by Gasteiger charge is -2.09. The van der Waals surface area contributed by atoms with Crippen molar-refractivity contribution in [3.63, 3.8) is 0 Å². The number of esters is 2. The van der Waals surface area contributed by atoms with Crippen molar-refractivity contribution < 1.29 is 23.9 Å². The molecular formula is C18H15N3O5. The largest absolute Gasteiger partial charge is 0.465 e. The standard InChI is InChI=1S/C18H15N3O5/c1-25-17(23)12-7-3-4-8-13(12)19-15(22)10-26-18(24)16-11-6-2-5-9-14(11)20-21-16/h2-9H,10H2,1H3,(H,19,22)(H,20,21). The molecule has 2 N–H and O–H groups in total. The number of aromatic nitrogens is 2. The van der Waals surface area contributed by atoms with Gasteiger partial charge in [0.15, 0.2) is 12.3 Å². The second-order valence-corrected chi connectivity index (χ2v) is 5.28. The van der Waals surface area contributed by atoms with Crippen LogP contribution in [-0.2, 0) is 14.3 Å². The molecule has 1 aromatic heterocycles. The first-order valence-corrected chi connectivity index (χ1v) is 7.67. The Morgan fingerprint density at radius 1 is 1.04 bits per heavy atom. The van der Waals surface area contributed by atoms with E-state index in [2.05, 4.69) is 20.3 Å². The van der Waals surface area contributed by atoms with Crippen LogP contribution in [0.4, 0.5) is 5.69 Å². The second kappa shape index (κ2) is 7.47. The number of para-hydroxylation sites is 2. The highest BCUT2D eigenvalue weighted by atomic mass is 16.5. The summed E-state index contributed by atoms with van der Waals surface area (Å²) in [5, 5.41) is 9.76. The Hall–Kier alpha value is -3.68. The summed E-state index contributed by atoms with van der Waals surface area (Å²) in [7, 11) is 1.25. The van der Waals surface area contributed by atoms with Gasteiger partial charge in [-0.2, -0.15) is 5.10 Å². The molecule has 3 aromatic rings. The van der Waals surface area contributed by atoms with Crippen molar-refractivity contribution in [2.45, 2.75) is 0 Å². The highest BCUT2D eigenvalue weighted by molar-refractivity contribution is 6.04. The molecule has 0 bridgehead atoms. The van der Waals surface area contributed by atoms with Gasteiger partial charge in [-0.05, 0) is 18.2 Å². The Balaban J connectivity index is 1.65.